The molecule has 0 saturated heterocycles. The molecule has 0 aromatic heterocycles. The quantitative estimate of drug-likeness (QED) is 0.863. The molecule has 5 nitrogen and oxygen atoms in total. The molecule has 1 aromatic rings. The molecule has 1 amide bonds. The van der Waals surface area contributed by atoms with Crippen LogP contribution in [-0.4, -0.2) is 29.6 Å². The highest BCUT2D eigenvalue weighted by atomic mass is 79.9. The number of benzene rings is 1. The summed E-state index contributed by atoms with van der Waals surface area (Å²) in [6.45, 7) is 0. The molecule has 0 spiro atoms. The molecule has 1 aromatic carbocycles. The van der Waals surface area contributed by atoms with E-state index in [0.29, 0.717) is 18.6 Å². The molecule has 1 aliphatic rings. The lowest BCUT2D eigenvalue weighted by atomic mass is 10.1. The number of methoxy groups -OCH3 is 1. The summed E-state index contributed by atoms with van der Waals surface area (Å²) in [5, 5.41) is 11.6. The second kappa shape index (κ2) is 5.21. The Morgan fingerprint density at radius 1 is 1.47 bits per heavy atom. The number of aliphatic carboxylic acids is 1. The molecule has 0 unspecified atom stereocenters. The van der Waals surface area contributed by atoms with Crippen LogP contribution in [0.4, 0.5) is 0 Å². The van der Waals surface area contributed by atoms with Gasteiger partial charge in [-0.15, -0.1) is 0 Å². The van der Waals surface area contributed by atoms with E-state index in [1.54, 1.807) is 12.1 Å². The molecule has 19 heavy (non-hydrogen) atoms. The van der Waals surface area contributed by atoms with E-state index < -0.39 is 11.5 Å². The predicted octanol–water partition coefficient (Wildman–Crippen LogP) is 1.73. The molecule has 0 bridgehead atoms. The number of nitrogens with one attached hydrogen (secondary N) is 1. The van der Waals surface area contributed by atoms with Crippen LogP contribution in [-0.2, 0) is 16.0 Å². The first-order valence-electron chi connectivity index (χ1n) is 5.84. The summed E-state index contributed by atoms with van der Waals surface area (Å²) in [5.74, 6) is -0.670. The molecule has 0 heterocycles. The zero-order valence-electron chi connectivity index (χ0n) is 10.4. The third-order valence-corrected chi connectivity index (χ3v) is 3.62. The smallest absolute Gasteiger partial charge is 0.329 e. The number of carbonyl (C=O) groups is 2. The fraction of sp³-hybridized carbons (Fsp3) is 0.385. The lowest BCUT2D eigenvalue weighted by molar-refractivity contribution is -0.143. The molecule has 0 atom stereocenters. The van der Waals surface area contributed by atoms with Gasteiger partial charge >= 0.3 is 5.97 Å². The highest BCUT2D eigenvalue weighted by molar-refractivity contribution is 9.10. The monoisotopic (exact) mass is 327 g/mol. The summed E-state index contributed by atoms with van der Waals surface area (Å²) in [6, 6.07) is 5.37. The fourth-order valence-electron chi connectivity index (χ4n) is 1.89. The van der Waals surface area contributed by atoms with Gasteiger partial charge in [-0.25, -0.2) is 4.79 Å². The van der Waals surface area contributed by atoms with Gasteiger partial charge in [0.05, 0.1) is 13.5 Å². The number of amides is 1. The third kappa shape index (κ3) is 3.07. The summed E-state index contributed by atoms with van der Waals surface area (Å²) >= 11 is 3.33. The van der Waals surface area contributed by atoms with Crippen molar-refractivity contribution in [3.05, 3.63) is 28.2 Å². The molecular weight excluding hydrogens is 314 g/mol. The summed E-state index contributed by atoms with van der Waals surface area (Å²) in [6.07, 6.45) is 1.07. The Kier molecular flexibility index (Phi) is 3.80. The number of ether oxygens (including phenoxy) is 1. The Morgan fingerprint density at radius 3 is 2.68 bits per heavy atom. The zero-order chi connectivity index (χ0) is 14.0. The molecule has 6 heteroatoms. The number of hydrogen-bond acceptors (Lipinski definition) is 3. The van der Waals surface area contributed by atoms with E-state index in [2.05, 4.69) is 21.2 Å². The molecule has 0 aliphatic heterocycles. The molecule has 1 saturated carbocycles. The molecular formula is C13H14BrNO4. The molecule has 0 radical (unpaired) electrons. The van der Waals surface area contributed by atoms with Crippen LogP contribution in [0.2, 0.25) is 0 Å². The molecule has 2 N–H and O–H groups in total. The van der Waals surface area contributed by atoms with Crippen LogP contribution >= 0.6 is 15.9 Å². The summed E-state index contributed by atoms with van der Waals surface area (Å²) in [4.78, 5) is 22.9. The van der Waals surface area contributed by atoms with E-state index in [9.17, 15) is 9.59 Å². The summed E-state index contributed by atoms with van der Waals surface area (Å²) < 4.78 is 6.02. The number of hydrogen-bond donors (Lipinski definition) is 2. The number of rotatable bonds is 5. The highest BCUT2D eigenvalue weighted by Crippen LogP contribution is 2.35. The largest absolute Gasteiger partial charge is 0.496 e. The molecule has 1 fully saturated rings. The Bertz CT molecular complexity index is 525. The van der Waals surface area contributed by atoms with E-state index in [1.807, 2.05) is 6.07 Å². The van der Waals surface area contributed by atoms with E-state index >= 15 is 0 Å². The van der Waals surface area contributed by atoms with Gasteiger partial charge in [0.15, 0.2) is 0 Å². The second-order valence-corrected chi connectivity index (χ2v) is 5.48. The number of carboxylic acids is 1. The summed E-state index contributed by atoms with van der Waals surface area (Å²) in [7, 11) is 1.53. The first kappa shape index (κ1) is 13.9. The van der Waals surface area contributed by atoms with Gasteiger partial charge in [-0.2, -0.15) is 0 Å². The maximum Gasteiger partial charge on any atom is 0.329 e. The van der Waals surface area contributed by atoms with Crippen LogP contribution < -0.4 is 10.1 Å². The Labute approximate surface area is 119 Å². The second-order valence-electron chi connectivity index (χ2n) is 4.57. The first-order valence-corrected chi connectivity index (χ1v) is 6.63. The van der Waals surface area contributed by atoms with E-state index in [1.165, 1.54) is 7.11 Å². The highest BCUT2D eigenvalue weighted by Gasteiger charge is 2.51. The Balaban J connectivity index is 2.07. The van der Waals surface area contributed by atoms with Crippen LogP contribution in [0.15, 0.2) is 22.7 Å². The first-order chi connectivity index (χ1) is 8.97. The van der Waals surface area contributed by atoms with Crippen molar-refractivity contribution in [2.45, 2.75) is 24.8 Å². The van der Waals surface area contributed by atoms with Crippen molar-refractivity contribution in [3.63, 3.8) is 0 Å². The van der Waals surface area contributed by atoms with Crippen LogP contribution in [0.3, 0.4) is 0 Å². The summed E-state index contributed by atoms with van der Waals surface area (Å²) in [5.41, 5.74) is -0.327. The van der Waals surface area contributed by atoms with Gasteiger partial charge in [-0.1, -0.05) is 15.9 Å². The minimum Gasteiger partial charge on any atom is -0.496 e. The normalized spacial score (nSPS) is 15.7. The molecule has 102 valence electrons. The van der Waals surface area contributed by atoms with Crippen molar-refractivity contribution in [2.24, 2.45) is 0 Å². The SMILES string of the molecule is COc1ccc(Br)cc1CC(=O)NC1(C(=O)O)CC1. The minimum absolute atomic E-state index is 0.0949. The third-order valence-electron chi connectivity index (χ3n) is 3.13. The lowest BCUT2D eigenvalue weighted by Gasteiger charge is -2.13. The average molecular weight is 328 g/mol. The minimum atomic E-state index is -1.05. The molecule has 2 rings (SSSR count). The van der Waals surface area contributed by atoms with Crippen LogP contribution in [0.5, 0.6) is 5.75 Å². The van der Waals surface area contributed by atoms with E-state index in [0.717, 1.165) is 10.0 Å². The van der Waals surface area contributed by atoms with Gasteiger partial charge in [0.1, 0.15) is 11.3 Å². The number of carbonyl (C=O) groups excluding carboxylic acids is 1. The zero-order valence-corrected chi connectivity index (χ0v) is 12.0. The van der Waals surface area contributed by atoms with Crippen LogP contribution in [0.25, 0.3) is 0 Å². The van der Waals surface area contributed by atoms with Crippen molar-refractivity contribution in [3.8, 4) is 5.75 Å². The van der Waals surface area contributed by atoms with Crippen molar-refractivity contribution in [1.82, 2.24) is 5.32 Å². The topological polar surface area (TPSA) is 75.6 Å². The van der Waals surface area contributed by atoms with Gasteiger partial charge in [-0.3, -0.25) is 4.79 Å². The van der Waals surface area contributed by atoms with Crippen molar-refractivity contribution in [2.75, 3.05) is 7.11 Å². The van der Waals surface area contributed by atoms with Gasteiger partial charge in [0.25, 0.3) is 0 Å². The van der Waals surface area contributed by atoms with E-state index in [4.69, 9.17) is 9.84 Å². The maximum absolute atomic E-state index is 11.9. The number of halogens is 1. The van der Waals surface area contributed by atoms with E-state index in [-0.39, 0.29) is 12.3 Å². The van der Waals surface area contributed by atoms with Crippen molar-refractivity contribution >= 4 is 27.8 Å². The standard InChI is InChI=1S/C13H14BrNO4/c1-19-10-3-2-9(14)6-8(10)7-11(16)15-13(4-5-13)12(17)18/h2-3,6H,4-5,7H2,1H3,(H,15,16)(H,17,18). The predicted molar refractivity (Wildman–Crippen MR) is 72.1 cm³/mol. The maximum atomic E-state index is 11.9. The Morgan fingerprint density at radius 2 is 2.16 bits per heavy atom. The average Bonchev–Trinajstić information content (AvgIpc) is 3.10. The molecule has 1 aliphatic carbocycles. The lowest BCUT2D eigenvalue weighted by Crippen LogP contribution is -2.43. The Hall–Kier alpha value is -1.56. The van der Waals surface area contributed by atoms with Gasteiger partial charge in [-0.05, 0) is 31.0 Å². The van der Waals surface area contributed by atoms with Crippen LogP contribution in [0, 0.1) is 0 Å². The van der Waals surface area contributed by atoms with Gasteiger partial charge < -0.3 is 15.2 Å². The van der Waals surface area contributed by atoms with Gasteiger partial charge in [0.2, 0.25) is 5.91 Å². The van der Waals surface area contributed by atoms with Gasteiger partial charge in [0, 0.05) is 10.0 Å². The van der Waals surface area contributed by atoms with Crippen molar-refractivity contribution < 1.29 is 19.4 Å². The van der Waals surface area contributed by atoms with Crippen molar-refractivity contribution in [1.29, 1.82) is 0 Å². The van der Waals surface area contributed by atoms with Crippen LogP contribution in [0.1, 0.15) is 18.4 Å². The fourth-order valence-corrected chi connectivity index (χ4v) is 2.30. The number of carboxylic acid groups (broad SMARTS) is 1.